The van der Waals surface area contributed by atoms with Crippen LogP contribution in [0.2, 0.25) is 0 Å². The van der Waals surface area contributed by atoms with Gasteiger partial charge in [0.25, 0.3) is 0 Å². The second-order valence-corrected chi connectivity index (χ2v) is 2.66. The highest BCUT2D eigenvalue weighted by molar-refractivity contribution is 7.71. The molecule has 0 saturated carbocycles. The summed E-state index contributed by atoms with van der Waals surface area (Å²) in [5.41, 5.74) is 0.654. The highest BCUT2D eigenvalue weighted by Gasteiger charge is 2.04. The van der Waals surface area contributed by atoms with E-state index in [2.05, 4.69) is 19.8 Å². The lowest BCUT2D eigenvalue weighted by Gasteiger charge is -1.85. The molecule has 62 valence electrons. The first kappa shape index (κ1) is 7.23. The smallest absolute Gasteiger partial charge is 0.216 e. The molecule has 0 aromatic carbocycles. The minimum atomic E-state index is 0.494. The standard InChI is InChI=1S/C6H6N4OS/c1-10-6(12)7-5(8-10)4-2-3-11-9-4/h2-3H,1H3,(H,7,8,12). The summed E-state index contributed by atoms with van der Waals surface area (Å²) in [6.45, 7) is 0. The van der Waals surface area contributed by atoms with Crippen LogP contribution in [-0.2, 0) is 7.05 Å². The molecule has 6 heteroatoms. The minimum absolute atomic E-state index is 0.494. The van der Waals surface area contributed by atoms with Gasteiger partial charge in [-0.15, -0.1) is 0 Å². The number of rotatable bonds is 1. The summed E-state index contributed by atoms with van der Waals surface area (Å²) in [6.07, 6.45) is 1.49. The Kier molecular flexibility index (Phi) is 1.54. The predicted octanol–water partition coefficient (Wildman–Crippen LogP) is 1.13. The summed E-state index contributed by atoms with van der Waals surface area (Å²) in [5, 5.41) is 6.64. The lowest BCUT2D eigenvalue weighted by molar-refractivity contribution is 0.422. The fraction of sp³-hybridized carbons (Fsp3) is 0.167. The third-order valence-electron chi connectivity index (χ3n) is 1.45. The van der Waals surface area contributed by atoms with Crippen molar-refractivity contribution in [3.8, 4) is 11.5 Å². The quantitative estimate of drug-likeness (QED) is 0.672. The predicted molar refractivity (Wildman–Crippen MR) is 43.9 cm³/mol. The maximum absolute atomic E-state index is 4.91. The highest BCUT2D eigenvalue weighted by Crippen LogP contribution is 2.09. The van der Waals surface area contributed by atoms with E-state index in [0.29, 0.717) is 16.3 Å². The van der Waals surface area contributed by atoms with Gasteiger partial charge in [-0.1, -0.05) is 5.16 Å². The molecular weight excluding hydrogens is 176 g/mol. The van der Waals surface area contributed by atoms with Crippen LogP contribution in [0.25, 0.3) is 11.5 Å². The summed E-state index contributed by atoms with van der Waals surface area (Å²) < 4.78 is 6.80. The zero-order chi connectivity index (χ0) is 8.55. The zero-order valence-corrected chi connectivity index (χ0v) is 7.13. The monoisotopic (exact) mass is 182 g/mol. The number of nitrogens with zero attached hydrogens (tertiary/aromatic N) is 3. The first-order chi connectivity index (χ1) is 5.77. The molecule has 0 radical (unpaired) electrons. The number of aromatic amines is 1. The second kappa shape index (κ2) is 2.56. The van der Waals surface area contributed by atoms with E-state index < -0.39 is 0 Å². The maximum atomic E-state index is 4.91. The van der Waals surface area contributed by atoms with E-state index in [-0.39, 0.29) is 0 Å². The van der Waals surface area contributed by atoms with E-state index in [9.17, 15) is 0 Å². The van der Waals surface area contributed by atoms with Gasteiger partial charge in [-0.05, 0) is 12.2 Å². The number of aromatic nitrogens is 4. The van der Waals surface area contributed by atoms with E-state index in [4.69, 9.17) is 12.2 Å². The molecule has 0 aliphatic carbocycles. The summed E-state index contributed by atoms with van der Waals surface area (Å²) in [6, 6.07) is 1.72. The van der Waals surface area contributed by atoms with Gasteiger partial charge >= 0.3 is 0 Å². The SMILES string of the molecule is Cn1[nH]c(-c2ccon2)nc1=S. The molecule has 0 saturated heterocycles. The summed E-state index contributed by atoms with van der Waals surface area (Å²) in [4.78, 5) is 4.05. The molecule has 0 unspecified atom stereocenters. The Bertz CT molecular complexity index is 427. The molecule has 0 bridgehead atoms. The first-order valence-electron chi connectivity index (χ1n) is 3.31. The molecule has 2 rings (SSSR count). The van der Waals surface area contributed by atoms with Crippen LogP contribution in [0, 0.1) is 4.77 Å². The molecule has 1 N–H and O–H groups in total. The van der Waals surface area contributed by atoms with Crippen molar-refractivity contribution in [2.45, 2.75) is 0 Å². The van der Waals surface area contributed by atoms with Crippen molar-refractivity contribution in [3.05, 3.63) is 17.1 Å². The molecule has 5 nitrogen and oxygen atoms in total. The van der Waals surface area contributed by atoms with Crippen molar-refractivity contribution >= 4 is 12.2 Å². The number of H-pyrrole nitrogens is 1. The molecule has 2 aromatic rings. The Hall–Kier alpha value is -1.43. The normalized spacial score (nSPS) is 10.4. The summed E-state index contributed by atoms with van der Waals surface area (Å²) in [7, 11) is 1.79. The van der Waals surface area contributed by atoms with Gasteiger partial charge in [-0.25, -0.2) is 0 Å². The molecule has 0 atom stereocenters. The van der Waals surface area contributed by atoms with Crippen molar-refractivity contribution in [3.63, 3.8) is 0 Å². The van der Waals surface area contributed by atoms with Gasteiger partial charge in [-0.2, -0.15) is 4.98 Å². The van der Waals surface area contributed by atoms with Crippen molar-refractivity contribution < 1.29 is 4.52 Å². The van der Waals surface area contributed by atoms with Crippen molar-refractivity contribution in [1.29, 1.82) is 0 Å². The zero-order valence-electron chi connectivity index (χ0n) is 6.31. The van der Waals surface area contributed by atoms with E-state index >= 15 is 0 Å². The van der Waals surface area contributed by atoms with E-state index in [0.717, 1.165) is 0 Å². The Morgan fingerprint density at radius 1 is 1.67 bits per heavy atom. The van der Waals surface area contributed by atoms with E-state index in [1.165, 1.54) is 6.26 Å². The fourth-order valence-corrected chi connectivity index (χ4v) is 0.988. The lowest BCUT2D eigenvalue weighted by atomic mass is 10.4. The van der Waals surface area contributed by atoms with E-state index in [1.807, 2.05) is 0 Å². The largest absolute Gasteiger partial charge is 0.364 e. The maximum Gasteiger partial charge on any atom is 0.216 e. The van der Waals surface area contributed by atoms with Crippen LogP contribution in [0.15, 0.2) is 16.9 Å². The molecular formula is C6H6N4OS. The number of hydrogen-bond donors (Lipinski definition) is 1. The van der Waals surface area contributed by atoms with Crippen molar-refractivity contribution in [2.75, 3.05) is 0 Å². The van der Waals surface area contributed by atoms with Crippen LogP contribution < -0.4 is 0 Å². The Balaban J connectivity index is 2.56. The topological polar surface area (TPSA) is 59.6 Å². The van der Waals surface area contributed by atoms with Gasteiger partial charge < -0.3 is 4.52 Å². The fourth-order valence-electron chi connectivity index (χ4n) is 0.852. The molecule has 2 heterocycles. The van der Waals surface area contributed by atoms with Crippen LogP contribution >= 0.6 is 12.2 Å². The Morgan fingerprint density at radius 2 is 2.50 bits per heavy atom. The molecule has 0 aliphatic rings. The average Bonchev–Trinajstić information content (AvgIpc) is 2.61. The Morgan fingerprint density at radius 3 is 3.00 bits per heavy atom. The molecule has 0 amide bonds. The number of aryl methyl sites for hydroxylation is 1. The molecule has 2 aromatic heterocycles. The van der Waals surface area contributed by atoms with E-state index in [1.54, 1.807) is 17.8 Å². The van der Waals surface area contributed by atoms with Crippen molar-refractivity contribution in [2.24, 2.45) is 7.05 Å². The van der Waals surface area contributed by atoms with Crippen molar-refractivity contribution in [1.82, 2.24) is 19.9 Å². The van der Waals surface area contributed by atoms with Gasteiger partial charge in [0, 0.05) is 13.1 Å². The third kappa shape index (κ3) is 1.06. The second-order valence-electron chi connectivity index (χ2n) is 2.30. The third-order valence-corrected chi connectivity index (χ3v) is 1.81. The molecule has 0 fully saturated rings. The number of hydrogen-bond acceptors (Lipinski definition) is 4. The van der Waals surface area contributed by atoms with Gasteiger partial charge in [-0.3, -0.25) is 9.78 Å². The van der Waals surface area contributed by atoms with Gasteiger partial charge in [0.1, 0.15) is 6.26 Å². The van der Waals surface area contributed by atoms with Crippen LogP contribution in [0.5, 0.6) is 0 Å². The van der Waals surface area contributed by atoms with Crippen LogP contribution in [-0.4, -0.2) is 19.9 Å². The minimum Gasteiger partial charge on any atom is -0.364 e. The van der Waals surface area contributed by atoms with Crippen LogP contribution in [0.3, 0.4) is 0 Å². The molecule has 0 aliphatic heterocycles. The van der Waals surface area contributed by atoms with Gasteiger partial charge in [0.2, 0.25) is 4.77 Å². The lowest BCUT2D eigenvalue weighted by Crippen LogP contribution is -1.89. The number of nitrogens with one attached hydrogen (secondary N) is 1. The van der Waals surface area contributed by atoms with Crippen LogP contribution in [0.1, 0.15) is 0 Å². The van der Waals surface area contributed by atoms with Gasteiger partial charge in [0.15, 0.2) is 11.5 Å². The van der Waals surface area contributed by atoms with Crippen LogP contribution in [0.4, 0.5) is 0 Å². The highest BCUT2D eigenvalue weighted by atomic mass is 32.1. The average molecular weight is 182 g/mol. The molecule has 12 heavy (non-hydrogen) atoms. The van der Waals surface area contributed by atoms with Gasteiger partial charge in [0.05, 0.1) is 0 Å². The summed E-state index contributed by atoms with van der Waals surface area (Å²) in [5.74, 6) is 0.622. The summed E-state index contributed by atoms with van der Waals surface area (Å²) >= 11 is 4.91. The Labute approximate surface area is 73.0 Å². The first-order valence-corrected chi connectivity index (χ1v) is 3.72. The molecule has 0 spiro atoms.